The summed E-state index contributed by atoms with van der Waals surface area (Å²) in [7, 11) is 1.69. The van der Waals surface area contributed by atoms with Gasteiger partial charge in [0.25, 0.3) is 0 Å². The molecule has 0 radical (unpaired) electrons. The Hall–Kier alpha value is -1.74. The lowest BCUT2D eigenvalue weighted by Crippen LogP contribution is -2.44. The van der Waals surface area contributed by atoms with Gasteiger partial charge in [-0.1, -0.05) is 17.7 Å². The average Bonchev–Trinajstić information content (AvgIpc) is 3.17. The molecule has 3 rings (SSSR count). The maximum absolute atomic E-state index is 6.19. The van der Waals surface area contributed by atoms with E-state index >= 15 is 0 Å². The van der Waals surface area contributed by atoms with Gasteiger partial charge in [-0.3, -0.25) is 9.98 Å². The van der Waals surface area contributed by atoms with Crippen molar-refractivity contribution in [3.63, 3.8) is 0 Å². The van der Waals surface area contributed by atoms with E-state index in [1.165, 1.54) is 5.56 Å². The van der Waals surface area contributed by atoms with Crippen LogP contribution in [0.1, 0.15) is 18.9 Å². The molecule has 1 aliphatic rings. The number of pyridine rings is 1. The van der Waals surface area contributed by atoms with E-state index in [0.29, 0.717) is 6.04 Å². The topological polar surface area (TPSA) is 61.8 Å². The lowest BCUT2D eigenvalue weighted by molar-refractivity contribution is 0.415. The van der Waals surface area contributed by atoms with Gasteiger partial charge in [-0.25, -0.2) is 0 Å². The van der Waals surface area contributed by atoms with Crippen LogP contribution in [0.15, 0.2) is 47.7 Å². The molecule has 2 aromatic rings. The number of hydrogen-bond acceptors (Lipinski definition) is 4. The molecule has 2 heterocycles. The van der Waals surface area contributed by atoms with E-state index in [9.17, 15) is 0 Å². The number of anilines is 1. The smallest absolute Gasteiger partial charge is 0.191 e. The van der Waals surface area contributed by atoms with Gasteiger partial charge in [0, 0.05) is 49.6 Å². The number of aromatic nitrogens is 1. The van der Waals surface area contributed by atoms with Crippen LogP contribution in [-0.4, -0.2) is 50.3 Å². The summed E-state index contributed by atoms with van der Waals surface area (Å²) < 4.78 is 5.50. The van der Waals surface area contributed by atoms with Crippen molar-refractivity contribution in [1.29, 1.82) is 0 Å². The fourth-order valence-electron chi connectivity index (χ4n) is 3.36. The van der Waals surface area contributed by atoms with E-state index in [-0.39, 0.29) is 24.0 Å². The molecule has 0 saturated carbocycles. The standard InChI is InChI=1S/C21H28ClN5O.HI/c1-3-24-21(25-11-8-16-5-4-10-23-14-16)26-18-9-12-27(15-18)19-13-17(22)6-7-20(19)28-2;/h4-7,10,13-14,18H,3,8-9,11-12,15H2,1-2H3,(H2,24,25,26);1H. The first-order valence-electron chi connectivity index (χ1n) is 9.72. The number of nitrogens with one attached hydrogen (secondary N) is 2. The van der Waals surface area contributed by atoms with Gasteiger partial charge in [0.05, 0.1) is 12.8 Å². The zero-order valence-electron chi connectivity index (χ0n) is 16.9. The minimum atomic E-state index is 0. The number of nitrogens with zero attached hydrogens (tertiary/aromatic N) is 3. The second-order valence-electron chi connectivity index (χ2n) is 6.76. The van der Waals surface area contributed by atoms with Crippen molar-refractivity contribution >= 4 is 47.2 Å². The number of guanidine groups is 1. The van der Waals surface area contributed by atoms with E-state index in [4.69, 9.17) is 21.3 Å². The van der Waals surface area contributed by atoms with Gasteiger partial charge in [0.1, 0.15) is 5.75 Å². The van der Waals surface area contributed by atoms with Gasteiger partial charge in [-0.15, -0.1) is 24.0 Å². The molecule has 0 amide bonds. The summed E-state index contributed by atoms with van der Waals surface area (Å²) in [5, 5.41) is 7.62. The first-order chi connectivity index (χ1) is 13.7. The monoisotopic (exact) mass is 529 g/mol. The summed E-state index contributed by atoms with van der Waals surface area (Å²) >= 11 is 6.19. The van der Waals surface area contributed by atoms with E-state index in [1.54, 1.807) is 13.3 Å². The predicted octanol–water partition coefficient (Wildman–Crippen LogP) is 3.74. The first kappa shape index (κ1) is 23.5. The minimum absolute atomic E-state index is 0. The van der Waals surface area contributed by atoms with Crippen molar-refractivity contribution < 1.29 is 4.74 Å². The molecule has 1 atom stereocenters. The van der Waals surface area contributed by atoms with Crippen molar-refractivity contribution in [3.05, 3.63) is 53.3 Å². The van der Waals surface area contributed by atoms with E-state index in [2.05, 4.69) is 33.5 Å². The molecule has 1 aliphatic heterocycles. The SMILES string of the molecule is CCNC(=NCCc1cccnc1)NC1CCN(c2cc(Cl)ccc2OC)C1.I. The number of halogens is 2. The predicted molar refractivity (Wildman–Crippen MR) is 131 cm³/mol. The summed E-state index contributed by atoms with van der Waals surface area (Å²) in [6, 6.07) is 10.1. The lowest BCUT2D eigenvalue weighted by Gasteiger charge is -2.22. The van der Waals surface area contributed by atoms with Crippen LogP contribution in [0, 0.1) is 0 Å². The van der Waals surface area contributed by atoms with Crippen molar-refractivity contribution in [2.45, 2.75) is 25.8 Å². The molecule has 8 heteroatoms. The number of methoxy groups -OCH3 is 1. The molecule has 0 bridgehead atoms. The van der Waals surface area contributed by atoms with Crippen LogP contribution in [0.5, 0.6) is 5.75 Å². The Labute approximate surface area is 195 Å². The van der Waals surface area contributed by atoms with Crippen LogP contribution in [-0.2, 0) is 6.42 Å². The van der Waals surface area contributed by atoms with Crippen LogP contribution in [0.3, 0.4) is 0 Å². The quantitative estimate of drug-likeness (QED) is 0.325. The maximum atomic E-state index is 6.19. The van der Waals surface area contributed by atoms with Gasteiger partial charge in [0.15, 0.2) is 5.96 Å². The fraction of sp³-hybridized carbons (Fsp3) is 0.429. The maximum Gasteiger partial charge on any atom is 0.191 e. The lowest BCUT2D eigenvalue weighted by atomic mass is 10.2. The highest BCUT2D eigenvalue weighted by molar-refractivity contribution is 14.0. The van der Waals surface area contributed by atoms with Gasteiger partial charge >= 0.3 is 0 Å². The number of aliphatic imine (C=N–C) groups is 1. The molecule has 1 aromatic carbocycles. The average molecular weight is 530 g/mol. The van der Waals surface area contributed by atoms with E-state index in [0.717, 1.165) is 61.4 Å². The highest BCUT2D eigenvalue weighted by Gasteiger charge is 2.25. The fourth-order valence-corrected chi connectivity index (χ4v) is 3.53. The highest BCUT2D eigenvalue weighted by Crippen LogP contribution is 2.33. The largest absolute Gasteiger partial charge is 0.495 e. The molecule has 1 aromatic heterocycles. The molecule has 1 saturated heterocycles. The van der Waals surface area contributed by atoms with Crippen molar-refractivity contribution in [2.24, 2.45) is 4.99 Å². The Bertz CT molecular complexity index is 790. The number of benzene rings is 1. The second kappa shape index (κ2) is 12.1. The summed E-state index contributed by atoms with van der Waals surface area (Å²) in [6.07, 6.45) is 5.59. The molecule has 6 nitrogen and oxygen atoms in total. The summed E-state index contributed by atoms with van der Waals surface area (Å²) in [6.45, 7) is 5.46. The zero-order valence-corrected chi connectivity index (χ0v) is 20.0. The normalized spacial score (nSPS) is 16.3. The third kappa shape index (κ3) is 6.92. The summed E-state index contributed by atoms with van der Waals surface area (Å²) in [5.74, 6) is 1.71. The molecule has 0 aliphatic carbocycles. The second-order valence-corrected chi connectivity index (χ2v) is 7.20. The Balaban J connectivity index is 0.00000300. The van der Waals surface area contributed by atoms with E-state index < -0.39 is 0 Å². The third-order valence-electron chi connectivity index (χ3n) is 4.75. The van der Waals surface area contributed by atoms with Gasteiger partial charge in [-0.05, 0) is 49.6 Å². The van der Waals surface area contributed by atoms with Crippen LogP contribution < -0.4 is 20.3 Å². The van der Waals surface area contributed by atoms with Crippen LogP contribution in [0.2, 0.25) is 5.02 Å². The molecule has 1 fully saturated rings. The van der Waals surface area contributed by atoms with Gasteiger partial charge < -0.3 is 20.3 Å². The van der Waals surface area contributed by atoms with Crippen molar-refractivity contribution in [2.75, 3.05) is 38.2 Å². The zero-order chi connectivity index (χ0) is 19.8. The summed E-state index contributed by atoms with van der Waals surface area (Å²) in [4.78, 5) is 11.2. The Morgan fingerprint density at radius 3 is 2.97 bits per heavy atom. The molecule has 1 unspecified atom stereocenters. The van der Waals surface area contributed by atoms with Crippen LogP contribution in [0.4, 0.5) is 5.69 Å². The molecular weight excluding hydrogens is 501 g/mol. The Morgan fingerprint density at radius 1 is 1.38 bits per heavy atom. The highest BCUT2D eigenvalue weighted by atomic mass is 127. The van der Waals surface area contributed by atoms with E-state index in [1.807, 2.05) is 30.5 Å². The molecule has 0 spiro atoms. The van der Waals surface area contributed by atoms with Crippen molar-refractivity contribution in [1.82, 2.24) is 15.6 Å². The first-order valence-corrected chi connectivity index (χ1v) is 10.1. The third-order valence-corrected chi connectivity index (χ3v) is 4.98. The number of hydrogen-bond donors (Lipinski definition) is 2. The molecule has 29 heavy (non-hydrogen) atoms. The van der Waals surface area contributed by atoms with Gasteiger partial charge in [-0.2, -0.15) is 0 Å². The van der Waals surface area contributed by atoms with Crippen LogP contribution in [0.25, 0.3) is 0 Å². The molecular formula is C21H29ClIN5O. The number of ether oxygens (including phenoxy) is 1. The summed E-state index contributed by atoms with van der Waals surface area (Å²) in [5.41, 5.74) is 2.24. The molecule has 158 valence electrons. The number of rotatable bonds is 7. The minimum Gasteiger partial charge on any atom is -0.495 e. The van der Waals surface area contributed by atoms with Crippen molar-refractivity contribution in [3.8, 4) is 5.75 Å². The van der Waals surface area contributed by atoms with Gasteiger partial charge in [0.2, 0.25) is 0 Å². The molecule has 2 N–H and O–H groups in total. The Morgan fingerprint density at radius 2 is 2.24 bits per heavy atom. The van der Waals surface area contributed by atoms with Crippen LogP contribution >= 0.6 is 35.6 Å². The Kier molecular flexibility index (Phi) is 9.80.